The molecule has 1 aliphatic carbocycles. The predicted octanol–water partition coefficient (Wildman–Crippen LogP) is 9.36. The maximum Gasteiger partial charge on any atom is 0.329 e. The number of hydrogen-bond donors (Lipinski definition) is 4. The van der Waals surface area contributed by atoms with E-state index >= 15 is 0 Å². The number of nitrogens with zero attached hydrogens (tertiary/aromatic N) is 10. The number of hydrogen-bond acceptors (Lipinski definition) is 29. The third-order valence-corrected chi connectivity index (χ3v) is 23.8. The molecular formula is C89H134N12O21. The molecule has 4 aliphatic rings. The molecule has 1 unspecified atom stereocenters. The Morgan fingerprint density at radius 1 is 0.754 bits per heavy atom. The number of fused-ring (bicyclic) bond motifs is 5. The van der Waals surface area contributed by atoms with Crippen molar-refractivity contribution >= 4 is 69.1 Å². The van der Waals surface area contributed by atoms with Gasteiger partial charge in [0.05, 0.1) is 128 Å². The van der Waals surface area contributed by atoms with Crippen molar-refractivity contribution in [1.29, 1.82) is 0 Å². The average Bonchev–Trinajstić information content (AvgIpc) is 1.53. The van der Waals surface area contributed by atoms with Crippen LogP contribution in [0.3, 0.4) is 0 Å². The van der Waals surface area contributed by atoms with Gasteiger partial charge in [-0.2, -0.15) is 10.1 Å². The Morgan fingerprint density at radius 2 is 1.47 bits per heavy atom. The first-order chi connectivity index (χ1) is 58.8. The zero-order chi connectivity index (χ0) is 87.7. The number of aliphatic hydroxyl groups is 2. The third kappa shape index (κ3) is 29.0. The monoisotopic (exact) mass is 1710 g/mol. The number of carbonyl (C=O) groups is 6. The zero-order valence-corrected chi connectivity index (χ0v) is 73.5. The number of ether oxygens (including phenoxy) is 12. The topological polar surface area (TPSA) is 412 Å². The van der Waals surface area contributed by atoms with Gasteiger partial charge in [0, 0.05) is 97.0 Å². The number of cyclic esters (lactones) is 1. The smallest absolute Gasteiger partial charge is 0.329 e. The van der Waals surface area contributed by atoms with Crippen molar-refractivity contribution < 1.29 is 100 Å². The van der Waals surface area contributed by atoms with E-state index in [2.05, 4.69) is 25.3 Å². The van der Waals surface area contributed by atoms with Gasteiger partial charge >= 0.3 is 5.97 Å². The van der Waals surface area contributed by atoms with Crippen molar-refractivity contribution in [2.75, 3.05) is 139 Å². The molecule has 3 aliphatic heterocycles. The van der Waals surface area contributed by atoms with E-state index in [0.717, 1.165) is 61.8 Å². The van der Waals surface area contributed by atoms with E-state index in [0.29, 0.717) is 196 Å². The summed E-state index contributed by atoms with van der Waals surface area (Å²) in [6.45, 7) is 19.9. The number of aliphatic hydroxyl groups excluding tert-OH is 1. The molecule has 15 atom stereocenters. The summed E-state index contributed by atoms with van der Waals surface area (Å²) in [5, 5.41) is 38.0. The van der Waals surface area contributed by atoms with Gasteiger partial charge in [-0.1, -0.05) is 76.3 Å². The van der Waals surface area contributed by atoms with Crippen molar-refractivity contribution in [2.24, 2.45) is 35.5 Å². The molecule has 0 radical (unpaired) electrons. The summed E-state index contributed by atoms with van der Waals surface area (Å²) < 4.78 is 79.8. The van der Waals surface area contributed by atoms with Crippen LogP contribution in [0.15, 0.2) is 82.7 Å². The molecule has 33 heteroatoms. The number of esters is 1. The number of ketones is 3. The van der Waals surface area contributed by atoms with E-state index in [1.54, 1.807) is 63.8 Å². The maximum absolute atomic E-state index is 14.8. The molecule has 1 saturated carbocycles. The number of anilines is 2. The van der Waals surface area contributed by atoms with Gasteiger partial charge in [-0.15, -0.1) is 5.10 Å². The fourth-order valence-electron chi connectivity index (χ4n) is 16.4. The molecule has 676 valence electrons. The Balaban J connectivity index is 0.621. The second kappa shape index (κ2) is 50.1. The van der Waals surface area contributed by atoms with Gasteiger partial charge in [-0.05, 0) is 157 Å². The minimum Gasteiger partial charge on any atom is -0.460 e. The van der Waals surface area contributed by atoms with Crippen LogP contribution in [0.25, 0.3) is 33.4 Å². The van der Waals surface area contributed by atoms with Crippen LogP contribution in [0, 0.1) is 35.5 Å². The van der Waals surface area contributed by atoms with Gasteiger partial charge in [0.1, 0.15) is 53.5 Å². The summed E-state index contributed by atoms with van der Waals surface area (Å²) >= 11 is 0. The van der Waals surface area contributed by atoms with Gasteiger partial charge < -0.3 is 92.7 Å². The molecule has 122 heavy (non-hydrogen) atoms. The Morgan fingerprint density at radius 3 is 2.17 bits per heavy atom. The minimum absolute atomic E-state index is 0.00268. The summed E-state index contributed by atoms with van der Waals surface area (Å²) in [7, 11) is 6.44. The molecule has 9 rings (SSSR count). The lowest BCUT2D eigenvalue weighted by Gasteiger charge is -2.42. The Hall–Kier alpha value is -8.16. The number of aryl methyl sites for hydroxylation is 2. The minimum atomic E-state index is -2.46. The number of unbranched alkanes of at least 4 members (excludes halogenated alkanes) is 2. The number of nitrogen functional groups attached to an aromatic ring is 2. The highest BCUT2D eigenvalue weighted by Crippen LogP contribution is 2.40. The van der Waals surface area contributed by atoms with Crippen molar-refractivity contribution in [3.05, 3.63) is 84.0 Å². The molecule has 5 aromatic rings. The largest absolute Gasteiger partial charge is 0.460 e. The lowest BCUT2D eigenvalue weighted by atomic mass is 9.78. The quantitative estimate of drug-likeness (QED) is 0.0123. The standard InChI is InChI=1S/C89H134N12O21/c1-58-21-13-12-14-22-59(2)74(110-9)54-68-28-25-64(7)89(109,122-68)83(106)86(107)100-33-17-15-24-70(100)87(108)120-75(55-71(102)60(3)50-63(6)81(105)82(112-11)80(104)62(5)49-58)61(4)51-65-26-29-73(76(52-65)111-10)119-36-20-16-23-67-56-99(97-95-67)35-38-114-40-42-116-44-46-118-48-47-117-45-43-115-41-39-113-37-31-77(103)98(8)32-18-19-34-101-85-78(84(90)92-57-93-85)79(96-101)66-27-30-72-69(53-66)94-88(91)121-72/h12-14,21-22,27,30,50,53,56-58,60-62,64-65,68,70,73-76,81-82,105,109H,15-20,23-26,28-29,31-49,51-52,54-55H2,1-11H3,(H2,91,94)(H2,90,92,93)/b14-12+,21-13+,59-22+,63-50+/t58?,60-,61-,62-,64-,65+,68+,70+,73-,74+,75+,76-,81-,82+,89-/m1/s1. The number of rotatable bonds is 39. The summed E-state index contributed by atoms with van der Waals surface area (Å²) in [5.74, 6) is -7.86. The number of methoxy groups -OCH3 is 3. The van der Waals surface area contributed by atoms with Gasteiger partial charge in [0.15, 0.2) is 17.0 Å². The van der Waals surface area contributed by atoms with Crippen LogP contribution in [0.1, 0.15) is 163 Å². The highest BCUT2D eigenvalue weighted by atomic mass is 16.6. The third-order valence-electron chi connectivity index (χ3n) is 23.8. The number of amides is 2. The number of piperidine rings is 1. The maximum atomic E-state index is 14.8. The fraction of sp³-hybridized carbons (Fsp3) is 0.685. The number of Topliss-reactive ketones (excluding diaryl/α,β-unsaturated/α-hetero) is 3. The Labute approximate surface area is 716 Å². The number of benzene rings is 1. The van der Waals surface area contributed by atoms with Crippen LogP contribution < -0.4 is 11.5 Å². The van der Waals surface area contributed by atoms with Crippen molar-refractivity contribution in [1.82, 2.24) is 49.5 Å². The van der Waals surface area contributed by atoms with E-state index in [1.165, 1.54) is 18.3 Å². The molecule has 1 aromatic carbocycles. The second-order valence-electron chi connectivity index (χ2n) is 33.1. The van der Waals surface area contributed by atoms with Crippen molar-refractivity contribution in [3.63, 3.8) is 0 Å². The molecule has 7 heterocycles. The van der Waals surface area contributed by atoms with Gasteiger partial charge in [-0.25, -0.2) is 24.1 Å². The molecule has 0 spiro atoms. The summed E-state index contributed by atoms with van der Waals surface area (Å²) in [4.78, 5) is 101. The fourth-order valence-corrected chi connectivity index (χ4v) is 16.4. The van der Waals surface area contributed by atoms with E-state index in [9.17, 15) is 39.0 Å². The molecule has 33 nitrogen and oxygen atoms in total. The van der Waals surface area contributed by atoms with Crippen LogP contribution in [0.2, 0.25) is 0 Å². The molecule has 6 N–H and O–H groups in total. The molecule has 2 saturated heterocycles. The van der Waals surface area contributed by atoms with Crippen LogP contribution in [0.4, 0.5) is 11.8 Å². The number of nitrogens with two attached hydrogens (primary N) is 2. The second-order valence-corrected chi connectivity index (χ2v) is 33.1. The number of oxazole rings is 1. The molecule has 2 amide bonds. The number of allylic oxidation sites excluding steroid dienone is 6. The van der Waals surface area contributed by atoms with Crippen LogP contribution in [0.5, 0.6) is 0 Å². The summed E-state index contributed by atoms with van der Waals surface area (Å²) in [6, 6.07) is 4.42. The highest BCUT2D eigenvalue weighted by molar-refractivity contribution is 6.39. The van der Waals surface area contributed by atoms with Gasteiger partial charge in [0.25, 0.3) is 17.7 Å². The van der Waals surface area contributed by atoms with E-state index in [4.69, 9.17) is 77.8 Å². The van der Waals surface area contributed by atoms with E-state index in [-0.39, 0.29) is 79.3 Å². The molecule has 2 bridgehead atoms. The van der Waals surface area contributed by atoms with Gasteiger partial charge in [-0.3, -0.25) is 24.0 Å². The van der Waals surface area contributed by atoms with Crippen molar-refractivity contribution in [3.8, 4) is 11.3 Å². The SMILES string of the molecule is CO[C@H]1C[C@@H]2CC[C@@H](C)[C@@](O)(O2)C(=O)C(=O)N2CCCC[C@H]2C(=O)O[C@H]([C@H](C)C[C@@H]2CC[C@@H](OCCCCc3cn(CCOCCOCCOCCOCCOCCOCCC(=O)N(C)CCCCn4nc(-c5ccc6oc(N)nc6c5)c5c(N)ncnc54)nn3)[C@H](OC)C2)CC(=O)[C@H](C)/C=C(\C)[C@@H](O)[C@@H](OC)C(=O)[C@H](C)CC(C)/C=C/C=C/C=C/1C. The lowest BCUT2D eigenvalue weighted by molar-refractivity contribution is -0.265. The van der Waals surface area contributed by atoms with E-state index in [1.807, 2.05) is 81.1 Å². The predicted molar refractivity (Wildman–Crippen MR) is 455 cm³/mol. The van der Waals surface area contributed by atoms with Gasteiger partial charge in [0.2, 0.25) is 11.7 Å². The summed E-state index contributed by atoms with van der Waals surface area (Å²) in [5.41, 5.74) is 17.4. The van der Waals surface area contributed by atoms with Crippen molar-refractivity contribution in [2.45, 2.75) is 232 Å². The summed E-state index contributed by atoms with van der Waals surface area (Å²) in [6.07, 6.45) is 19.3. The lowest BCUT2D eigenvalue weighted by Crippen LogP contribution is -2.61. The molecular weight excluding hydrogens is 1570 g/mol. The number of aromatic nitrogens is 8. The van der Waals surface area contributed by atoms with Crippen LogP contribution in [-0.2, 0) is 105 Å². The normalized spacial score (nSPS) is 27.1. The highest BCUT2D eigenvalue weighted by Gasteiger charge is 2.53. The average molecular weight is 1710 g/mol. The van der Waals surface area contributed by atoms with Crippen LogP contribution in [-0.4, -0.2) is 277 Å². The first-order valence-corrected chi connectivity index (χ1v) is 43.6. The molecule has 3 fully saturated rings. The van der Waals surface area contributed by atoms with E-state index < -0.39 is 77.8 Å². The first-order valence-electron chi connectivity index (χ1n) is 43.6. The van der Waals surface area contributed by atoms with Crippen LogP contribution >= 0.6 is 0 Å². The molecule has 4 aromatic heterocycles. The first kappa shape index (κ1) is 97.6. The zero-order valence-electron chi connectivity index (χ0n) is 73.5. The Bertz CT molecular complexity index is 4240. The Kier molecular flexibility index (Phi) is 40.1. The number of carbonyl (C=O) groups excluding carboxylic acids is 6.